The number of aryl methyl sites for hydroxylation is 1. The van der Waals surface area contributed by atoms with Crippen molar-refractivity contribution in [3.63, 3.8) is 0 Å². The van der Waals surface area contributed by atoms with Gasteiger partial charge in [0.05, 0.1) is 6.04 Å². The van der Waals surface area contributed by atoms with Crippen molar-refractivity contribution in [1.82, 2.24) is 25.4 Å². The number of carbonyl (C=O) groups excluding carboxylic acids is 1. The summed E-state index contributed by atoms with van der Waals surface area (Å²) in [4.78, 5) is 11.8. The van der Waals surface area contributed by atoms with Gasteiger partial charge in [0.25, 0.3) is 0 Å². The van der Waals surface area contributed by atoms with Crippen molar-refractivity contribution in [3.05, 3.63) is 12.2 Å². The van der Waals surface area contributed by atoms with Gasteiger partial charge in [-0.05, 0) is 19.8 Å². The minimum Gasteiger partial charge on any atom is -0.335 e. The molecule has 1 atom stereocenters. The van der Waals surface area contributed by atoms with E-state index in [1.807, 2.05) is 18.5 Å². The highest BCUT2D eigenvalue weighted by Crippen LogP contribution is 2.17. The monoisotopic (exact) mass is 251 g/mol. The molecular formula is C12H21N5O. The maximum Gasteiger partial charge on any atom is 0.315 e. The van der Waals surface area contributed by atoms with Crippen LogP contribution in [-0.4, -0.2) is 26.8 Å². The van der Waals surface area contributed by atoms with Crippen LogP contribution < -0.4 is 10.6 Å². The molecular weight excluding hydrogens is 230 g/mol. The van der Waals surface area contributed by atoms with Gasteiger partial charge in [0, 0.05) is 13.1 Å². The average molecular weight is 251 g/mol. The van der Waals surface area contributed by atoms with Crippen LogP contribution >= 0.6 is 0 Å². The molecule has 6 heteroatoms. The zero-order valence-corrected chi connectivity index (χ0v) is 11.0. The fourth-order valence-corrected chi connectivity index (χ4v) is 2.42. The Morgan fingerprint density at radius 3 is 2.78 bits per heavy atom. The first-order valence-corrected chi connectivity index (χ1v) is 6.57. The standard InChI is InChI=1S/C12H21N5O/c1-9(11-16-13-8-17(11)2)14-12(18)15-10-6-4-3-5-7-10/h8-10H,3-7H2,1-2H3,(H2,14,15,18). The van der Waals surface area contributed by atoms with Crippen LogP contribution in [0.5, 0.6) is 0 Å². The van der Waals surface area contributed by atoms with Crippen molar-refractivity contribution >= 4 is 6.03 Å². The van der Waals surface area contributed by atoms with Crippen LogP contribution in [-0.2, 0) is 7.05 Å². The summed E-state index contributed by atoms with van der Waals surface area (Å²) >= 11 is 0. The number of amides is 2. The lowest BCUT2D eigenvalue weighted by Crippen LogP contribution is -2.44. The van der Waals surface area contributed by atoms with Crippen LogP contribution in [0.4, 0.5) is 4.79 Å². The molecule has 100 valence electrons. The quantitative estimate of drug-likeness (QED) is 0.855. The third-order valence-corrected chi connectivity index (χ3v) is 3.42. The lowest BCUT2D eigenvalue weighted by molar-refractivity contribution is 0.229. The normalized spacial score (nSPS) is 18.3. The molecule has 1 unspecified atom stereocenters. The molecule has 1 aromatic rings. The molecule has 0 radical (unpaired) electrons. The van der Waals surface area contributed by atoms with E-state index in [0.29, 0.717) is 6.04 Å². The molecule has 0 aromatic carbocycles. The van der Waals surface area contributed by atoms with Crippen molar-refractivity contribution in [3.8, 4) is 0 Å². The van der Waals surface area contributed by atoms with Gasteiger partial charge in [-0.1, -0.05) is 19.3 Å². The Balaban J connectivity index is 1.81. The van der Waals surface area contributed by atoms with E-state index in [1.165, 1.54) is 19.3 Å². The molecule has 1 aliphatic carbocycles. The van der Waals surface area contributed by atoms with Gasteiger partial charge in [-0.15, -0.1) is 10.2 Å². The lowest BCUT2D eigenvalue weighted by Gasteiger charge is -2.23. The highest BCUT2D eigenvalue weighted by Gasteiger charge is 2.18. The molecule has 0 saturated heterocycles. The number of nitrogens with one attached hydrogen (secondary N) is 2. The molecule has 1 saturated carbocycles. The van der Waals surface area contributed by atoms with E-state index >= 15 is 0 Å². The molecule has 0 spiro atoms. The summed E-state index contributed by atoms with van der Waals surface area (Å²) in [6, 6.07) is 0.0731. The van der Waals surface area contributed by atoms with E-state index in [4.69, 9.17) is 0 Å². The number of urea groups is 1. The van der Waals surface area contributed by atoms with Gasteiger partial charge >= 0.3 is 6.03 Å². The Labute approximate surface area is 107 Å². The highest BCUT2D eigenvalue weighted by molar-refractivity contribution is 5.74. The van der Waals surface area contributed by atoms with Gasteiger partial charge in [0.15, 0.2) is 5.82 Å². The van der Waals surface area contributed by atoms with Crippen LogP contribution in [0.1, 0.15) is 50.9 Å². The molecule has 2 amide bonds. The largest absolute Gasteiger partial charge is 0.335 e. The number of aromatic nitrogens is 3. The molecule has 1 heterocycles. The first-order chi connectivity index (χ1) is 8.66. The maximum absolute atomic E-state index is 11.8. The molecule has 2 rings (SSSR count). The fourth-order valence-electron chi connectivity index (χ4n) is 2.42. The SMILES string of the molecule is CC(NC(=O)NC1CCCCC1)c1nncn1C. The molecule has 2 N–H and O–H groups in total. The van der Waals surface area contributed by atoms with Crippen LogP contribution in [0.2, 0.25) is 0 Å². The lowest BCUT2D eigenvalue weighted by atomic mass is 9.96. The number of nitrogens with zero attached hydrogens (tertiary/aromatic N) is 3. The number of rotatable bonds is 3. The van der Waals surface area contributed by atoms with Crippen molar-refractivity contribution in [2.45, 2.75) is 51.1 Å². The van der Waals surface area contributed by atoms with E-state index in [2.05, 4.69) is 20.8 Å². The second-order valence-electron chi connectivity index (χ2n) is 4.97. The van der Waals surface area contributed by atoms with Crippen LogP contribution in [0.3, 0.4) is 0 Å². The maximum atomic E-state index is 11.8. The Hall–Kier alpha value is -1.59. The molecule has 6 nitrogen and oxygen atoms in total. The second kappa shape index (κ2) is 5.84. The summed E-state index contributed by atoms with van der Waals surface area (Å²) in [7, 11) is 1.87. The van der Waals surface area contributed by atoms with E-state index in [1.54, 1.807) is 6.33 Å². The Morgan fingerprint density at radius 1 is 1.44 bits per heavy atom. The summed E-state index contributed by atoms with van der Waals surface area (Å²) in [5, 5.41) is 13.7. The molecule has 1 aromatic heterocycles. The van der Waals surface area contributed by atoms with Gasteiger partial charge < -0.3 is 15.2 Å². The average Bonchev–Trinajstić information content (AvgIpc) is 2.76. The Morgan fingerprint density at radius 2 is 2.17 bits per heavy atom. The summed E-state index contributed by atoms with van der Waals surface area (Å²) in [5.74, 6) is 0.758. The van der Waals surface area contributed by atoms with Crippen molar-refractivity contribution in [1.29, 1.82) is 0 Å². The predicted octanol–water partition coefficient (Wildman–Crippen LogP) is 1.51. The van der Waals surface area contributed by atoms with Gasteiger partial charge in [0.1, 0.15) is 6.33 Å². The van der Waals surface area contributed by atoms with Gasteiger partial charge in [0.2, 0.25) is 0 Å². The van der Waals surface area contributed by atoms with Crippen LogP contribution in [0.15, 0.2) is 6.33 Å². The summed E-state index contributed by atoms with van der Waals surface area (Å²) in [6.45, 7) is 1.91. The molecule has 0 aliphatic heterocycles. The summed E-state index contributed by atoms with van der Waals surface area (Å²) in [5.41, 5.74) is 0. The topological polar surface area (TPSA) is 71.8 Å². The molecule has 1 fully saturated rings. The third kappa shape index (κ3) is 3.21. The third-order valence-electron chi connectivity index (χ3n) is 3.42. The minimum absolute atomic E-state index is 0.114. The second-order valence-corrected chi connectivity index (χ2v) is 4.97. The number of hydrogen-bond acceptors (Lipinski definition) is 3. The van der Waals surface area contributed by atoms with Crippen LogP contribution in [0.25, 0.3) is 0 Å². The summed E-state index contributed by atoms with van der Waals surface area (Å²) < 4.78 is 1.81. The first-order valence-electron chi connectivity index (χ1n) is 6.57. The minimum atomic E-state index is -0.138. The molecule has 1 aliphatic rings. The predicted molar refractivity (Wildman–Crippen MR) is 68.0 cm³/mol. The fraction of sp³-hybridized carbons (Fsp3) is 0.750. The summed E-state index contributed by atoms with van der Waals surface area (Å²) in [6.07, 6.45) is 7.52. The Bertz CT molecular complexity index is 397. The number of hydrogen-bond donors (Lipinski definition) is 2. The highest BCUT2D eigenvalue weighted by atomic mass is 16.2. The van der Waals surface area contributed by atoms with E-state index < -0.39 is 0 Å². The van der Waals surface area contributed by atoms with Gasteiger partial charge in [-0.2, -0.15) is 0 Å². The van der Waals surface area contributed by atoms with E-state index in [-0.39, 0.29) is 12.1 Å². The van der Waals surface area contributed by atoms with E-state index in [9.17, 15) is 4.79 Å². The first kappa shape index (κ1) is 12.9. The van der Waals surface area contributed by atoms with Crippen molar-refractivity contribution in [2.24, 2.45) is 7.05 Å². The molecule has 0 bridgehead atoms. The zero-order valence-electron chi connectivity index (χ0n) is 11.0. The van der Waals surface area contributed by atoms with Crippen LogP contribution in [0, 0.1) is 0 Å². The Kier molecular flexibility index (Phi) is 4.17. The smallest absolute Gasteiger partial charge is 0.315 e. The van der Waals surface area contributed by atoms with Crippen molar-refractivity contribution in [2.75, 3.05) is 0 Å². The number of carbonyl (C=O) groups is 1. The molecule has 18 heavy (non-hydrogen) atoms. The van der Waals surface area contributed by atoms with E-state index in [0.717, 1.165) is 18.7 Å². The zero-order chi connectivity index (χ0) is 13.0. The van der Waals surface area contributed by atoms with Gasteiger partial charge in [-0.25, -0.2) is 4.79 Å². The van der Waals surface area contributed by atoms with Gasteiger partial charge in [-0.3, -0.25) is 0 Å². The van der Waals surface area contributed by atoms with Crippen molar-refractivity contribution < 1.29 is 4.79 Å².